The number of rotatable bonds is 3. The molecule has 2 aromatic carbocycles. The molecule has 2 bridgehead atoms. The quantitative estimate of drug-likeness (QED) is 0.789. The smallest absolute Gasteiger partial charge is 0.236 e. The van der Waals surface area contributed by atoms with E-state index in [0.29, 0.717) is 0 Å². The average molecular weight is 358 g/mol. The molecular formula is C22H18N2O3. The zero-order valence-electron chi connectivity index (χ0n) is 14.6. The number of carbonyl (C=O) groups excluding carboxylic acids is 3. The van der Waals surface area contributed by atoms with Gasteiger partial charge in [-0.3, -0.25) is 19.3 Å². The van der Waals surface area contributed by atoms with Crippen LogP contribution in [0.1, 0.15) is 5.56 Å². The average Bonchev–Trinajstić information content (AvgIpc) is 3.10. The van der Waals surface area contributed by atoms with Crippen LogP contribution in [-0.4, -0.2) is 34.6 Å². The number of likely N-dealkylation sites (tertiary alicyclic amines) is 1. The van der Waals surface area contributed by atoms with Gasteiger partial charge in [-0.05, 0) is 23.8 Å². The largest absolute Gasteiger partial charge is 0.353 e. The van der Waals surface area contributed by atoms with Crippen LogP contribution in [-0.2, 0) is 20.9 Å². The number of hydrogen-bond acceptors (Lipinski definition) is 4. The molecule has 0 saturated carbocycles. The second-order valence-electron chi connectivity index (χ2n) is 7.24. The van der Waals surface area contributed by atoms with Gasteiger partial charge in [-0.1, -0.05) is 54.6 Å². The maximum atomic E-state index is 13.2. The third kappa shape index (κ3) is 2.28. The van der Waals surface area contributed by atoms with Crippen LogP contribution in [0.15, 0.2) is 72.8 Å². The van der Waals surface area contributed by atoms with Crippen molar-refractivity contribution < 1.29 is 14.4 Å². The Morgan fingerprint density at radius 2 is 1.41 bits per heavy atom. The summed E-state index contributed by atoms with van der Waals surface area (Å²) in [5.74, 6) is -1.64. The highest BCUT2D eigenvalue weighted by Crippen LogP contribution is 2.47. The van der Waals surface area contributed by atoms with Gasteiger partial charge in [0, 0.05) is 5.69 Å². The number of carbonyl (C=O) groups is 3. The van der Waals surface area contributed by atoms with E-state index in [1.54, 1.807) is 6.08 Å². The monoisotopic (exact) mass is 358 g/mol. The number of nitrogens with zero attached hydrogens (tertiary/aromatic N) is 2. The SMILES string of the molecule is O=C1C=CC2C3C(=O)N(Cc4ccccc4)C(=O)C3C1N2c1ccccc1. The minimum Gasteiger partial charge on any atom is -0.353 e. The standard InChI is InChI=1S/C22H18N2O3/c25-17-12-11-16-18-19(20(17)24(16)15-9-5-2-6-10-15)22(27)23(21(18)26)13-14-7-3-1-4-8-14/h1-12,16,18-20H,13H2. The molecule has 3 heterocycles. The zero-order valence-corrected chi connectivity index (χ0v) is 14.6. The molecule has 2 fully saturated rings. The topological polar surface area (TPSA) is 57.7 Å². The highest BCUT2D eigenvalue weighted by molar-refractivity contribution is 6.13. The predicted octanol–water partition coefficient (Wildman–Crippen LogP) is 2.18. The summed E-state index contributed by atoms with van der Waals surface area (Å²) in [5, 5.41) is 0. The lowest BCUT2D eigenvalue weighted by Crippen LogP contribution is -2.49. The Hall–Kier alpha value is -3.21. The second-order valence-corrected chi connectivity index (χ2v) is 7.24. The molecule has 0 radical (unpaired) electrons. The maximum absolute atomic E-state index is 13.2. The van der Waals surface area contributed by atoms with E-state index in [9.17, 15) is 14.4 Å². The van der Waals surface area contributed by atoms with Crippen molar-refractivity contribution in [2.45, 2.75) is 18.6 Å². The molecule has 4 atom stereocenters. The molecule has 3 aliphatic rings. The molecule has 5 heteroatoms. The van der Waals surface area contributed by atoms with Gasteiger partial charge < -0.3 is 4.90 Å². The van der Waals surface area contributed by atoms with Gasteiger partial charge in [-0.15, -0.1) is 0 Å². The highest BCUT2D eigenvalue weighted by Gasteiger charge is 2.64. The molecule has 0 spiro atoms. The fraction of sp³-hybridized carbons (Fsp3) is 0.227. The number of para-hydroxylation sites is 1. The van der Waals surface area contributed by atoms with E-state index in [2.05, 4.69) is 0 Å². The van der Waals surface area contributed by atoms with Crippen molar-refractivity contribution in [3.63, 3.8) is 0 Å². The van der Waals surface area contributed by atoms with E-state index in [0.717, 1.165) is 11.3 Å². The molecule has 3 aliphatic heterocycles. The van der Waals surface area contributed by atoms with Crippen molar-refractivity contribution >= 4 is 23.3 Å². The summed E-state index contributed by atoms with van der Waals surface area (Å²) in [5.41, 5.74) is 1.78. The summed E-state index contributed by atoms with van der Waals surface area (Å²) in [6, 6.07) is 18.2. The van der Waals surface area contributed by atoms with Crippen LogP contribution < -0.4 is 4.90 Å². The molecule has 2 amide bonds. The van der Waals surface area contributed by atoms with Crippen LogP contribution >= 0.6 is 0 Å². The number of benzene rings is 2. The Morgan fingerprint density at radius 3 is 2.11 bits per heavy atom. The van der Waals surface area contributed by atoms with Gasteiger partial charge >= 0.3 is 0 Å². The Morgan fingerprint density at radius 1 is 0.778 bits per heavy atom. The lowest BCUT2D eigenvalue weighted by Gasteiger charge is -2.35. The van der Waals surface area contributed by atoms with Crippen molar-refractivity contribution in [3.8, 4) is 0 Å². The molecule has 2 aromatic rings. The molecule has 0 aromatic heterocycles. The minimum absolute atomic E-state index is 0.106. The van der Waals surface area contributed by atoms with Crippen molar-refractivity contribution in [2.75, 3.05) is 4.90 Å². The molecule has 2 saturated heterocycles. The Bertz CT molecular complexity index is 954. The molecule has 5 rings (SSSR count). The normalized spacial score (nSPS) is 28.8. The molecule has 27 heavy (non-hydrogen) atoms. The fourth-order valence-electron chi connectivity index (χ4n) is 4.67. The number of imide groups is 1. The van der Waals surface area contributed by atoms with Crippen molar-refractivity contribution in [1.82, 2.24) is 4.90 Å². The summed E-state index contributed by atoms with van der Waals surface area (Å²) in [6.07, 6.45) is 3.32. The van der Waals surface area contributed by atoms with E-state index >= 15 is 0 Å². The Kier molecular flexibility index (Phi) is 3.50. The molecule has 134 valence electrons. The van der Waals surface area contributed by atoms with Gasteiger partial charge in [0.25, 0.3) is 0 Å². The lowest BCUT2D eigenvalue weighted by molar-refractivity contribution is -0.141. The number of hydrogen-bond donors (Lipinski definition) is 0. The zero-order chi connectivity index (χ0) is 18.5. The number of ketones is 1. The Labute approximate surface area is 156 Å². The first-order valence-corrected chi connectivity index (χ1v) is 9.11. The van der Waals surface area contributed by atoms with Gasteiger partial charge in [0.05, 0.1) is 24.4 Å². The van der Waals surface area contributed by atoms with E-state index < -0.39 is 17.9 Å². The number of fused-ring (bicyclic) bond motifs is 5. The van der Waals surface area contributed by atoms with E-state index in [-0.39, 0.29) is 30.2 Å². The molecule has 0 N–H and O–H groups in total. The van der Waals surface area contributed by atoms with Crippen molar-refractivity contribution in [1.29, 1.82) is 0 Å². The van der Waals surface area contributed by atoms with Gasteiger partial charge in [-0.2, -0.15) is 0 Å². The molecular weight excluding hydrogens is 340 g/mol. The van der Waals surface area contributed by atoms with Gasteiger partial charge in [0.1, 0.15) is 6.04 Å². The van der Waals surface area contributed by atoms with Gasteiger partial charge in [-0.25, -0.2) is 0 Å². The fourth-order valence-corrected chi connectivity index (χ4v) is 4.67. The van der Waals surface area contributed by atoms with Gasteiger partial charge in [0.15, 0.2) is 5.78 Å². The minimum atomic E-state index is -0.617. The van der Waals surface area contributed by atoms with Gasteiger partial charge in [0.2, 0.25) is 11.8 Å². The van der Waals surface area contributed by atoms with Crippen molar-refractivity contribution in [2.24, 2.45) is 11.8 Å². The summed E-state index contributed by atoms with van der Waals surface area (Å²) >= 11 is 0. The summed E-state index contributed by atoms with van der Waals surface area (Å²) in [6.45, 7) is 0.258. The first-order chi connectivity index (χ1) is 13.2. The van der Waals surface area contributed by atoms with Crippen LogP contribution in [0.3, 0.4) is 0 Å². The third-order valence-corrected chi connectivity index (χ3v) is 5.81. The Balaban J connectivity index is 1.52. The lowest BCUT2D eigenvalue weighted by atomic mass is 9.90. The second kappa shape index (κ2) is 5.91. The number of amides is 2. The maximum Gasteiger partial charge on any atom is 0.236 e. The third-order valence-electron chi connectivity index (χ3n) is 5.81. The molecule has 4 unspecified atom stereocenters. The van der Waals surface area contributed by atoms with Crippen LogP contribution in [0.4, 0.5) is 5.69 Å². The van der Waals surface area contributed by atoms with Crippen LogP contribution in [0.25, 0.3) is 0 Å². The summed E-state index contributed by atoms with van der Waals surface area (Å²) in [4.78, 5) is 42.3. The highest BCUT2D eigenvalue weighted by atomic mass is 16.2. The van der Waals surface area contributed by atoms with E-state index in [4.69, 9.17) is 0 Å². The molecule has 0 aliphatic carbocycles. The summed E-state index contributed by atoms with van der Waals surface area (Å²) < 4.78 is 0. The molecule has 5 nitrogen and oxygen atoms in total. The van der Waals surface area contributed by atoms with Crippen molar-refractivity contribution in [3.05, 3.63) is 78.4 Å². The van der Waals surface area contributed by atoms with Crippen LogP contribution in [0, 0.1) is 11.8 Å². The van der Waals surface area contributed by atoms with E-state index in [1.807, 2.05) is 65.6 Å². The van der Waals surface area contributed by atoms with Crippen LogP contribution in [0.2, 0.25) is 0 Å². The van der Waals surface area contributed by atoms with Crippen LogP contribution in [0.5, 0.6) is 0 Å². The number of anilines is 1. The first kappa shape index (κ1) is 16.0. The van der Waals surface area contributed by atoms with E-state index in [1.165, 1.54) is 11.0 Å². The predicted molar refractivity (Wildman–Crippen MR) is 99.6 cm³/mol. The first-order valence-electron chi connectivity index (χ1n) is 9.11. The summed E-state index contributed by atoms with van der Waals surface area (Å²) in [7, 11) is 0.